The average molecular weight is 408 g/mol. The van der Waals surface area contributed by atoms with Crippen LogP contribution in [-0.4, -0.2) is 68.7 Å². The summed E-state index contributed by atoms with van der Waals surface area (Å²) in [6.45, 7) is 12.0. The highest BCUT2D eigenvalue weighted by atomic mass is 16.5. The van der Waals surface area contributed by atoms with Gasteiger partial charge in [0.25, 0.3) is 0 Å². The number of amides is 1. The van der Waals surface area contributed by atoms with Crippen molar-refractivity contribution in [2.75, 3.05) is 45.9 Å². The van der Waals surface area contributed by atoms with Crippen LogP contribution in [0.5, 0.6) is 0 Å². The molecule has 1 aromatic rings. The third kappa shape index (κ3) is 8.06. The van der Waals surface area contributed by atoms with Crippen molar-refractivity contribution >= 4 is 11.9 Å². The first-order chi connectivity index (χ1) is 14.2. The molecule has 0 aliphatic carbocycles. The number of carbonyl (C=O) groups is 1. The van der Waals surface area contributed by atoms with Crippen molar-refractivity contribution in [1.29, 1.82) is 0 Å². The maximum absolute atomic E-state index is 12.1. The molecule has 0 saturated carbocycles. The SMILES string of the molecule is CCNC(=NCC(=O)NCc1ccco1)NCC(C(CC)CC)N1CCOCC1. The summed E-state index contributed by atoms with van der Waals surface area (Å²) >= 11 is 0. The minimum atomic E-state index is -0.136. The molecule has 3 N–H and O–H groups in total. The number of carbonyl (C=O) groups excluding carboxylic acids is 1. The van der Waals surface area contributed by atoms with Crippen molar-refractivity contribution in [2.24, 2.45) is 10.9 Å². The number of guanidine groups is 1. The zero-order valence-corrected chi connectivity index (χ0v) is 18.1. The summed E-state index contributed by atoms with van der Waals surface area (Å²) in [5.41, 5.74) is 0. The second-order valence-electron chi connectivity index (χ2n) is 7.22. The van der Waals surface area contributed by atoms with Gasteiger partial charge in [-0.1, -0.05) is 26.7 Å². The monoisotopic (exact) mass is 407 g/mol. The maximum Gasteiger partial charge on any atom is 0.242 e. The normalized spacial score (nSPS) is 16.6. The number of ether oxygens (including phenoxy) is 1. The predicted octanol–water partition coefficient (Wildman–Crippen LogP) is 1.59. The molecule has 0 bridgehead atoms. The van der Waals surface area contributed by atoms with E-state index < -0.39 is 0 Å². The molecule has 1 atom stereocenters. The van der Waals surface area contributed by atoms with E-state index >= 15 is 0 Å². The lowest BCUT2D eigenvalue weighted by Crippen LogP contribution is -2.53. The minimum Gasteiger partial charge on any atom is -0.467 e. The molecular weight excluding hydrogens is 370 g/mol. The Morgan fingerprint density at radius 2 is 1.93 bits per heavy atom. The van der Waals surface area contributed by atoms with E-state index in [2.05, 4.69) is 39.7 Å². The van der Waals surface area contributed by atoms with Gasteiger partial charge >= 0.3 is 0 Å². The first-order valence-corrected chi connectivity index (χ1v) is 10.8. The van der Waals surface area contributed by atoms with E-state index in [-0.39, 0.29) is 12.5 Å². The van der Waals surface area contributed by atoms with E-state index in [1.807, 2.05) is 13.0 Å². The predicted molar refractivity (Wildman–Crippen MR) is 115 cm³/mol. The van der Waals surface area contributed by atoms with Crippen molar-refractivity contribution in [3.8, 4) is 0 Å². The first kappa shape index (κ1) is 23.2. The number of hydrogen-bond donors (Lipinski definition) is 3. The Balaban J connectivity index is 1.89. The van der Waals surface area contributed by atoms with E-state index in [0.717, 1.165) is 58.0 Å². The van der Waals surface area contributed by atoms with E-state index in [1.54, 1.807) is 12.3 Å². The second-order valence-corrected chi connectivity index (χ2v) is 7.22. The van der Waals surface area contributed by atoms with Crippen LogP contribution in [0.25, 0.3) is 0 Å². The van der Waals surface area contributed by atoms with Crippen LogP contribution in [0.4, 0.5) is 0 Å². The van der Waals surface area contributed by atoms with Gasteiger partial charge in [0.15, 0.2) is 5.96 Å². The fraction of sp³-hybridized carbons (Fsp3) is 0.714. The molecular formula is C21H37N5O3. The zero-order valence-electron chi connectivity index (χ0n) is 18.1. The Bertz CT molecular complexity index is 595. The molecule has 8 nitrogen and oxygen atoms in total. The quantitative estimate of drug-likeness (QED) is 0.381. The van der Waals surface area contributed by atoms with Gasteiger partial charge in [-0.2, -0.15) is 0 Å². The van der Waals surface area contributed by atoms with Crippen molar-refractivity contribution in [3.05, 3.63) is 24.2 Å². The highest BCUT2D eigenvalue weighted by Gasteiger charge is 2.27. The Morgan fingerprint density at radius 3 is 2.55 bits per heavy atom. The minimum absolute atomic E-state index is 0.0727. The van der Waals surface area contributed by atoms with Gasteiger partial charge in [-0.3, -0.25) is 9.69 Å². The number of rotatable bonds is 11. The number of nitrogens with zero attached hydrogens (tertiary/aromatic N) is 2. The lowest BCUT2D eigenvalue weighted by molar-refractivity contribution is -0.119. The summed E-state index contributed by atoms with van der Waals surface area (Å²) in [4.78, 5) is 19.1. The summed E-state index contributed by atoms with van der Waals surface area (Å²) in [5, 5.41) is 9.51. The van der Waals surface area contributed by atoms with Crippen LogP contribution in [0.15, 0.2) is 27.8 Å². The van der Waals surface area contributed by atoms with Gasteiger partial charge in [0.2, 0.25) is 5.91 Å². The summed E-state index contributed by atoms with van der Waals surface area (Å²) in [5.74, 6) is 1.87. The van der Waals surface area contributed by atoms with Gasteiger partial charge < -0.3 is 25.1 Å². The molecule has 2 rings (SSSR count). The van der Waals surface area contributed by atoms with E-state index in [9.17, 15) is 4.79 Å². The van der Waals surface area contributed by atoms with Gasteiger partial charge in [0, 0.05) is 32.2 Å². The van der Waals surface area contributed by atoms with Crippen molar-refractivity contribution in [2.45, 2.75) is 46.2 Å². The topological polar surface area (TPSA) is 91.1 Å². The molecule has 1 aliphatic rings. The number of hydrogen-bond acceptors (Lipinski definition) is 5. The molecule has 2 heterocycles. The number of nitrogens with one attached hydrogen (secondary N) is 3. The molecule has 1 saturated heterocycles. The Morgan fingerprint density at radius 1 is 1.17 bits per heavy atom. The highest BCUT2D eigenvalue weighted by molar-refractivity contribution is 5.84. The number of morpholine rings is 1. The van der Waals surface area contributed by atoms with Crippen LogP contribution in [0.1, 0.15) is 39.4 Å². The average Bonchev–Trinajstić information content (AvgIpc) is 3.27. The molecule has 1 fully saturated rings. The zero-order chi connectivity index (χ0) is 20.9. The molecule has 164 valence electrons. The maximum atomic E-state index is 12.1. The molecule has 0 spiro atoms. The molecule has 0 aromatic carbocycles. The molecule has 1 amide bonds. The van der Waals surface area contributed by atoms with Crippen molar-refractivity contribution in [3.63, 3.8) is 0 Å². The van der Waals surface area contributed by atoms with Gasteiger partial charge in [0.05, 0.1) is 26.0 Å². The van der Waals surface area contributed by atoms with Gasteiger partial charge in [0.1, 0.15) is 12.3 Å². The van der Waals surface area contributed by atoms with Crippen LogP contribution < -0.4 is 16.0 Å². The van der Waals surface area contributed by atoms with Gasteiger partial charge in [-0.15, -0.1) is 0 Å². The Hall–Kier alpha value is -2.06. The molecule has 29 heavy (non-hydrogen) atoms. The third-order valence-corrected chi connectivity index (χ3v) is 5.35. The highest BCUT2D eigenvalue weighted by Crippen LogP contribution is 2.19. The first-order valence-electron chi connectivity index (χ1n) is 10.8. The third-order valence-electron chi connectivity index (χ3n) is 5.35. The largest absolute Gasteiger partial charge is 0.467 e. The van der Waals surface area contributed by atoms with Crippen LogP contribution in [-0.2, 0) is 16.1 Å². The molecule has 8 heteroatoms. The molecule has 1 unspecified atom stereocenters. The van der Waals surface area contributed by atoms with Gasteiger partial charge in [-0.25, -0.2) is 4.99 Å². The van der Waals surface area contributed by atoms with Crippen molar-refractivity contribution in [1.82, 2.24) is 20.9 Å². The van der Waals surface area contributed by atoms with Crippen molar-refractivity contribution < 1.29 is 13.9 Å². The summed E-state index contributed by atoms with van der Waals surface area (Å²) < 4.78 is 10.8. The van der Waals surface area contributed by atoms with Crippen LogP contribution >= 0.6 is 0 Å². The van der Waals surface area contributed by atoms with Gasteiger partial charge in [-0.05, 0) is 25.0 Å². The van der Waals surface area contributed by atoms with Crippen LogP contribution in [0, 0.1) is 5.92 Å². The second kappa shape index (κ2) is 13.2. The Labute approximate surface area is 174 Å². The number of aliphatic imine (C=N–C) groups is 1. The number of furan rings is 1. The smallest absolute Gasteiger partial charge is 0.242 e. The molecule has 1 aromatic heterocycles. The van der Waals surface area contributed by atoms with Crippen LogP contribution in [0.2, 0.25) is 0 Å². The molecule has 0 radical (unpaired) electrons. The lowest BCUT2D eigenvalue weighted by atomic mass is 9.92. The lowest BCUT2D eigenvalue weighted by Gasteiger charge is -2.39. The summed E-state index contributed by atoms with van der Waals surface area (Å²) in [6.07, 6.45) is 3.88. The van der Waals surface area contributed by atoms with Crippen LogP contribution in [0.3, 0.4) is 0 Å². The van der Waals surface area contributed by atoms with E-state index in [4.69, 9.17) is 9.15 Å². The summed E-state index contributed by atoms with van der Waals surface area (Å²) in [6, 6.07) is 4.06. The van der Waals surface area contributed by atoms with E-state index in [0.29, 0.717) is 24.5 Å². The molecule has 1 aliphatic heterocycles. The fourth-order valence-corrected chi connectivity index (χ4v) is 3.68. The Kier molecular flexibility index (Phi) is 10.6. The summed E-state index contributed by atoms with van der Waals surface area (Å²) in [7, 11) is 0. The standard InChI is InChI=1S/C21H37N5O3/c1-4-17(5-2)19(26-9-12-28-13-10-26)15-24-21(22-6-3)25-16-20(27)23-14-18-8-7-11-29-18/h7-8,11,17,19H,4-6,9-10,12-16H2,1-3H3,(H,23,27)(H2,22,24,25). The fourth-order valence-electron chi connectivity index (χ4n) is 3.68. The van der Waals surface area contributed by atoms with E-state index in [1.165, 1.54) is 0 Å².